The van der Waals surface area contributed by atoms with E-state index in [4.69, 9.17) is 16.6 Å². The smallest absolute Gasteiger partial charge is 0.220 e. The number of amides is 1. The molecule has 0 radical (unpaired) electrons. The van der Waals surface area contributed by atoms with Gasteiger partial charge in [-0.3, -0.25) is 14.7 Å². The van der Waals surface area contributed by atoms with Gasteiger partial charge in [-0.1, -0.05) is 29.8 Å². The number of carbonyl (C=O) groups excluding carboxylic acids is 1. The number of nitrogens with one attached hydrogen (secondary N) is 3. The number of halogens is 1. The first-order chi connectivity index (χ1) is 13.6. The summed E-state index contributed by atoms with van der Waals surface area (Å²) in [6.45, 7) is 7.52. The van der Waals surface area contributed by atoms with Crippen LogP contribution >= 0.6 is 11.6 Å². The molecule has 1 atom stereocenters. The monoisotopic (exact) mass is 405 g/mol. The van der Waals surface area contributed by atoms with Crippen molar-refractivity contribution in [2.75, 3.05) is 32.7 Å². The van der Waals surface area contributed by atoms with Gasteiger partial charge in [0.1, 0.15) is 0 Å². The van der Waals surface area contributed by atoms with Crippen LogP contribution in [0.2, 0.25) is 5.02 Å². The van der Waals surface area contributed by atoms with Crippen LogP contribution in [0, 0.1) is 5.92 Å². The Hall–Kier alpha value is -1.79. The van der Waals surface area contributed by atoms with Gasteiger partial charge >= 0.3 is 0 Å². The minimum Gasteiger partial charge on any atom is -0.357 e. The van der Waals surface area contributed by atoms with Gasteiger partial charge in [0.15, 0.2) is 5.96 Å². The molecule has 0 bridgehead atoms. The van der Waals surface area contributed by atoms with Crippen LogP contribution in [0.15, 0.2) is 29.3 Å². The third-order valence-corrected chi connectivity index (χ3v) is 5.89. The third-order valence-electron chi connectivity index (χ3n) is 5.52. The largest absolute Gasteiger partial charge is 0.357 e. The third kappa shape index (κ3) is 6.38. The molecular formula is C21H32ClN5O. The van der Waals surface area contributed by atoms with E-state index in [-0.39, 0.29) is 11.9 Å². The molecule has 7 heteroatoms. The van der Waals surface area contributed by atoms with Crippen molar-refractivity contribution in [3.05, 3.63) is 34.9 Å². The molecule has 3 N–H and O–H groups in total. The second-order valence-corrected chi connectivity index (χ2v) is 8.12. The second kappa shape index (κ2) is 10.7. The van der Waals surface area contributed by atoms with Crippen molar-refractivity contribution < 1.29 is 4.79 Å². The zero-order chi connectivity index (χ0) is 19.8. The molecule has 2 aliphatic heterocycles. The number of nitrogens with zero attached hydrogens (tertiary/aromatic N) is 2. The Morgan fingerprint density at radius 3 is 2.75 bits per heavy atom. The average molecular weight is 406 g/mol. The summed E-state index contributed by atoms with van der Waals surface area (Å²) >= 11 is 6.29. The Kier molecular flexibility index (Phi) is 7.98. The molecule has 1 unspecified atom stereocenters. The van der Waals surface area contributed by atoms with Gasteiger partial charge in [-0.25, -0.2) is 0 Å². The fourth-order valence-electron chi connectivity index (χ4n) is 3.78. The number of carbonyl (C=O) groups is 1. The van der Waals surface area contributed by atoms with Gasteiger partial charge in [0.25, 0.3) is 0 Å². The molecule has 0 spiro atoms. The zero-order valence-corrected chi connectivity index (χ0v) is 17.5. The van der Waals surface area contributed by atoms with E-state index in [0.29, 0.717) is 18.9 Å². The van der Waals surface area contributed by atoms with E-state index in [0.717, 1.165) is 63.0 Å². The fourth-order valence-corrected chi connectivity index (χ4v) is 3.98. The lowest BCUT2D eigenvalue weighted by atomic mass is 9.96. The molecule has 2 heterocycles. The maximum atomic E-state index is 11.3. The highest BCUT2D eigenvalue weighted by Gasteiger charge is 2.21. The molecular weight excluding hydrogens is 374 g/mol. The van der Waals surface area contributed by atoms with Crippen molar-refractivity contribution in [2.24, 2.45) is 10.9 Å². The van der Waals surface area contributed by atoms with Crippen LogP contribution in [-0.4, -0.2) is 55.5 Å². The number of rotatable bonds is 6. The summed E-state index contributed by atoms with van der Waals surface area (Å²) in [5.41, 5.74) is 1.21. The van der Waals surface area contributed by atoms with E-state index in [1.54, 1.807) is 0 Å². The first-order valence-electron chi connectivity index (χ1n) is 10.4. The first-order valence-corrected chi connectivity index (χ1v) is 10.8. The number of piperidine rings is 2. The van der Waals surface area contributed by atoms with Gasteiger partial charge in [0.05, 0.1) is 0 Å². The SMILES string of the molecule is CCNC(=NCC1CCN(Cc2ccccc2Cl)CC1)NC1CCC(=O)NC1. The maximum absolute atomic E-state index is 11.3. The molecule has 0 aromatic heterocycles. The summed E-state index contributed by atoms with van der Waals surface area (Å²) in [6, 6.07) is 8.36. The number of benzene rings is 1. The Bertz CT molecular complexity index is 663. The number of hydrogen-bond acceptors (Lipinski definition) is 3. The van der Waals surface area contributed by atoms with Crippen LogP contribution < -0.4 is 16.0 Å². The van der Waals surface area contributed by atoms with E-state index >= 15 is 0 Å². The summed E-state index contributed by atoms with van der Waals surface area (Å²) in [5.74, 6) is 1.62. The Labute approximate surface area is 173 Å². The molecule has 1 aromatic carbocycles. The predicted molar refractivity (Wildman–Crippen MR) is 115 cm³/mol. The highest BCUT2D eigenvalue weighted by Crippen LogP contribution is 2.22. The Morgan fingerprint density at radius 2 is 2.07 bits per heavy atom. The lowest BCUT2D eigenvalue weighted by Crippen LogP contribution is -2.51. The van der Waals surface area contributed by atoms with Gasteiger partial charge < -0.3 is 16.0 Å². The molecule has 1 amide bonds. The van der Waals surface area contributed by atoms with E-state index in [1.807, 2.05) is 12.1 Å². The number of likely N-dealkylation sites (tertiary alicyclic amines) is 1. The highest BCUT2D eigenvalue weighted by atomic mass is 35.5. The quantitative estimate of drug-likeness (QED) is 0.502. The molecule has 2 aliphatic rings. The van der Waals surface area contributed by atoms with Crippen molar-refractivity contribution in [2.45, 2.75) is 45.2 Å². The van der Waals surface area contributed by atoms with Crippen LogP contribution in [0.1, 0.15) is 38.2 Å². The van der Waals surface area contributed by atoms with Crippen molar-refractivity contribution in [3.8, 4) is 0 Å². The van der Waals surface area contributed by atoms with Crippen LogP contribution in [0.4, 0.5) is 0 Å². The van der Waals surface area contributed by atoms with Gasteiger partial charge in [-0.15, -0.1) is 0 Å². The molecule has 0 saturated carbocycles. The van der Waals surface area contributed by atoms with Crippen molar-refractivity contribution >= 4 is 23.5 Å². The summed E-state index contributed by atoms with van der Waals surface area (Å²) < 4.78 is 0. The van der Waals surface area contributed by atoms with Gasteiger partial charge in [0.2, 0.25) is 5.91 Å². The Morgan fingerprint density at radius 1 is 1.29 bits per heavy atom. The van der Waals surface area contributed by atoms with E-state index in [2.05, 4.69) is 39.9 Å². The normalized spacial score (nSPS) is 22.0. The van der Waals surface area contributed by atoms with E-state index in [1.165, 1.54) is 5.56 Å². The van der Waals surface area contributed by atoms with Crippen LogP contribution in [0.25, 0.3) is 0 Å². The van der Waals surface area contributed by atoms with E-state index < -0.39 is 0 Å². The van der Waals surface area contributed by atoms with Crippen molar-refractivity contribution in [1.82, 2.24) is 20.9 Å². The van der Waals surface area contributed by atoms with E-state index in [9.17, 15) is 4.79 Å². The predicted octanol–water partition coefficient (Wildman–Crippen LogP) is 2.39. The molecule has 1 aromatic rings. The molecule has 154 valence electrons. The summed E-state index contributed by atoms with van der Waals surface area (Å²) in [5, 5.41) is 10.6. The highest BCUT2D eigenvalue weighted by molar-refractivity contribution is 6.31. The number of hydrogen-bond donors (Lipinski definition) is 3. The minimum atomic E-state index is 0.142. The lowest BCUT2D eigenvalue weighted by molar-refractivity contribution is -0.122. The zero-order valence-electron chi connectivity index (χ0n) is 16.7. The van der Waals surface area contributed by atoms with Crippen molar-refractivity contribution in [3.63, 3.8) is 0 Å². The summed E-state index contributed by atoms with van der Waals surface area (Å²) in [7, 11) is 0. The van der Waals surface area contributed by atoms with Gasteiger partial charge in [0, 0.05) is 43.7 Å². The van der Waals surface area contributed by atoms with Crippen molar-refractivity contribution in [1.29, 1.82) is 0 Å². The lowest BCUT2D eigenvalue weighted by Gasteiger charge is -2.31. The molecule has 28 heavy (non-hydrogen) atoms. The maximum Gasteiger partial charge on any atom is 0.220 e. The van der Waals surface area contributed by atoms with Gasteiger partial charge in [-0.05, 0) is 56.8 Å². The average Bonchev–Trinajstić information content (AvgIpc) is 2.71. The molecule has 3 rings (SSSR count). The fraction of sp³-hybridized carbons (Fsp3) is 0.619. The minimum absolute atomic E-state index is 0.142. The van der Waals surface area contributed by atoms with Crippen LogP contribution in [0.5, 0.6) is 0 Å². The molecule has 2 saturated heterocycles. The number of guanidine groups is 1. The molecule has 6 nitrogen and oxygen atoms in total. The summed E-state index contributed by atoms with van der Waals surface area (Å²) in [6.07, 6.45) is 3.76. The van der Waals surface area contributed by atoms with Crippen LogP contribution in [-0.2, 0) is 11.3 Å². The topological polar surface area (TPSA) is 68.8 Å². The molecule has 2 fully saturated rings. The van der Waals surface area contributed by atoms with Crippen LogP contribution in [0.3, 0.4) is 0 Å². The second-order valence-electron chi connectivity index (χ2n) is 7.71. The summed E-state index contributed by atoms with van der Waals surface area (Å²) in [4.78, 5) is 18.6. The standard InChI is InChI=1S/C21H32ClN5O/c1-2-23-21(26-18-7-8-20(28)24-14-18)25-13-16-9-11-27(12-10-16)15-17-5-3-4-6-19(17)22/h3-6,16,18H,2,7-15H2,1H3,(H,24,28)(H2,23,25,26). The Balaban J connectivity index is 1.44. The number of aliphatic imine (C=N–C) groups is 1. The van der Waals surface area contributed by atoms with Gasteiger partial charge in [-0.2, -0.15) is 0 Å². The first kappa shape index (κ1) is 20.9. The molecule has 0 aliphatic carbocycles.